The summed E-state index contributed by atoms with van der Waals surface area (Å²) < 4.78 is 5.32. The summed E-state index contributed by atoms with van der Waals surface area (Å²) in [5.41, 5.74) is 10.2. The number of carbonyl (C=O) groups excluding carboxylic acids is 1. The van der Waals surface area contributed by atoms with Crippen molar-refractivity contribution in [1.82, 2.24) is 4.90 Å². The van der Waals surface area contributed by atoms with E-state index in [0.29, 0.717) is 30.9 Å². The van der Waals surface area contributed by atoms with Gasteiger partial charge in [-0.05, 0) is 0 Å². The number of thiocarbonyl (C=S) groups is 1. The van der Waals surface area contributed by atoms with Crippen LogP contribution < -0.4 is 11.5 Å². The Balaban J connectivity index is 2.64. The van der Waals surface area contributed by atoms with Crippen molar-refractivity contribution >= 4 is 23.2 Å². The highest BCUT2D eigenvalue weighted by Gasteiger charge is 2.38. The van der Waals surface area contributed by atoms with Crippen molar-refractivity contribution in [3.63, 3.8) is 0 Å². The summed E-state index contributed by atoms with van der Waals surface area (Å²) >= 11 is 4.95. The highest BCUT2D eigenvalue weighted by molar-refractivity contribution is 7.80. The first-order valence-corrected chi connectivity index (χ1v) is 4.82. The number of hydrogen-bond donors (Lipinski definition) is 2. The number of nitrogens with zero attached hydrogens (tertiary/aromatic N) is 1. The first-order chi connectivity index (χ1) is 6.52. The molecule has 2 amide bonds. The molecule has 1 aliphatic heterocycles. The van der Waals surface area contributed by atoms with Crippen LogP contribution in [0.15, 0.2) is 0 Å². The van der Waals surface area contributed by atoms with Crippen LogP contribution in [0.25, 0.3) is 0 Å². The first-order valence-electron chi connectivity index (χ1n) is 4.41. The van der Waals surface area contributed by atoms with Gasteiger partial charge >= 0.3 is 6.03 Å². The van der Waals surface area contributed by atoms with Gasteiger partial charge in [-0.2, -0.15) is 0 Å². The van der Waals surface area contributed by atoms with Gasteiger partial charge in [0.05, 0.1) is 0 Å². The number of primary amides is 1. The lowest BCUT2D eigenvalue weighted by Crippen LogP contribution is -2.54. The molecule has 80 valence electrons. The Kier molecular flexibility index (Phi) is 3.28. The van der Waals surface area contributed by atoms with Crippen molar-refractivity contribution in [2.75, 3.05) is 20.2 Å². The molecular formula is C8H15N3O2S. The molecular weight excluding hydrogens is 202 g/mol. The SMILES string of the molecule is COC1(C(N)=S)CCN(C(N)=O)CC1. The topological polar surface area (TPSA) is 81.6 Å². The maximum absolute atomic E-state index is 10.9. The van der Waals surface area contributed by atoms with E-state index in [0.717, 1.165) is 0 Å². The largest absolute Gasteiger partial charge is 0.391 e. The van der Waals surface area contributed by atoms with Crippen LogP contribution >= 0.6 is 12.2 Å². The minimum Gasteiger partial charge on any atom is -0.391 e. The van der Waals surface area contributed by atoms with Gasteiger partial charge in [0.25, 0.3) is 0 Å². The number of rotatable bonds is 2. The molecule has 0 aliphatic carbocycles. The van der Waals surface area contributed by atoms with Crippen LogP contribution in [-0.4, -0.2) is 41.7 Å². The number of nitrogens with two attached hydrogens (primary N) is 2. The third-order valence-electron chi connectivity index (χ3n) is 2.72. The lowest BCUT2D eigenvalue weighted by molar-refractivity contribution is 0.00563. The van der Waals surface area contributed by atoms with Gasteiger partial charge in [-0.3, -0.25) is 0 Å². The molecule has 1 rings (SSSR count). The Morgan fingerprint density at radius 2 is 1.93 bits per heavy atom. The Labute approximate surface area is 88.4 Å². The first kappa shape index (κ1) is 11.2. The standard InChI is InChI=1S/C8H15N3O2S/c1-13-8(6(9)14)2-4-11(5-3-8)7(10)12/h2-5H2,1H3,(H2,9,14)(H2,10,12). The van der Waals surface area contributed by atoms with Crippen LogP contribution in [0.4, 0.5) is 4.79 Å². The molecule has 0 bridgehead atoms. The normalized spacial score (nSPS) is 20.5. The molecule has 0 unspecified atom stereocenters. The number of ether oxygens (including phenoxy) is 1. The Hall–Kier alpha value is -0.880. The van der Waals surface area contributed by atoms with Crippen molar-refractivity contribution in [1.29, 1.82) is 0 Å². The van der Waals surface area contributed by atoms with Crippen molar-refractivity contribution in [3.05, 3.63) is 0 Å². The molecule has 0 aromatic heterocycles. The van der Waals surface area contributed by atoms with Gasteiger partial charge < -0.3 is 21.1 Å². The fourth-order valence-corrected chi connectivity index (χ4v) is 1.93. The molecule has 0 aromatic rings. The van der Waals surface area contributed by atoms with Crippen molar-refractivity contribution in [2.45, 2.75) is 18.4 Å². The molecule has 14 heavy (non-hydrogen) atoms. The van der Waals surface area contributed by atoms with E-state index in [2.05, 4.69) is 0 Å². The monoisotopic (exact) mass is 217 g/mol. The molecule has 0 aromatic carbocycles. The van der Waals surface area contributed by atoms with Crippen LogP contribution in [0.5, 0.6) is 0 Å². The van der Waals surface area contributed by atoms with E-state index in [1.165, 1.54) is 0 Å². The molecule has 0 saturated carbocycles. The van der Waals surface area contributed by atoms with E-state index in [-0.39, 0.29) is 0 Å². The number of methoxy groups -OCH3 is 1. The summed E-state index contributed by atoms with van der Waals surface area (Å²) in [6, 6.07) is -0.405. The number of amides is 2. The quantitative estimate of drug-likeness (QED) is 0.629. The minimum absolute atomic E-state index is 0.351. The predicted molar refractivity (Wildman–Crippen MR) is 56.9 cm³/mol. The van der Waals surface area contributed by atoms with E-state index in [9.17, 15) is 4.79 Å². The molecule has 0 spiro atoms. The molecule has 0 atom stereocenters. The zero-order valence-corrected chi connectivity index (χ0v) is 8.97. The third-order valence-corrected chi connectivity index (χ3v) is 3.09. The zero-order valence-electron chi connectivity index (χ0n) is 8.16. The van der Waals surface area contributed by atoms with Gasteiger partial charge in [-0.1, -0.05) is 12.2 Å². The lowest BCUT2D eigenvalue weighted by atomic mass is 9.91. The van der Waals surface area contributed by atoms with Crippen LogP contribution in [0.2, 0.25) is 0 Å². The second kappa shape index (κ2) is 4.10. The smallest absolute Gasteiger partial charge is 0.314 e. The molecule has 0 radical (unpaired) electrons. The number of urea groups is 1. The average Bonchev–Trinajstić information content (AvgIpc) is 2.17. The van der Waals surface area contributed by atoms with Crippen molar-refractivity contribution in [3.8, 4) is 0 Å². The number of likely N-dealkylation sites (tertiary alicyclic amines) is 1. The Bertz CT molecular complexity index is 249. The van der Waals surface area contributed by atoms with Gasteiger partial charge in [-0.25, -0.2) is 4.79 Å². The molecule has 1 aliphatic rings. The van der Waals surface area contributed by atoms with E-state index >= 15 is 0 Å². The molecule has 1 heterocycles. The highest BCUT2D eigenvalue weighted by atomic mass is 32.1. The van der Waals surface area contributed by atoms with E-state index < -0.39 is 11.6 Å². The fourth-order valence-electron chi connectivity index (χ4n) is 1.64. The molecule has 1 fully saturated rings. The predicted octanol–water partition coefficient (Wildman–Crippen LogP) is -0.168. The fraction of sp³-hybridized carbons (Fsp3) is 0.750. The van der Waals surface area contributed by atoms with E-state index in [1.807, 2.05) is 0 Å². The van der Waals surface area contributed by atoms with Gasteiger partial charge in [0.2, 0.25) is 0 Å². The van der Waals surface area contributed by atoms with Crippen LogP contribution in [0.3, 0.4) is 0 Å². The number of hydrogen-bond acceptors (Lipinski definition) is 3. The van der Waals surface area contributed by atoms with E-state index in [4.69, 9.17) is 28.4 Å². The second-order valence-electron chi connectivity index (χ2n) is 3.39. The maximum Gasteiger partial charge on any atom is 0.314 e. The third kappa shape index (κ3) is 1.96. The maximum atomic E-state index is 10.9. The van der Waals surface area contributed by atoms with Crippen molar-refractivity contribution < 1.29 is 9.53 Å². The van der Waals surface area contributed by atoms with Gasteiger partial charge in [0, 0.05) is 33.0 Å². The Morgan fingerprint density at radius 3 is 2.21 bits per heavy atom. The summed E-state index contributed by atoms with van der Waals surface area (Å²) in [4.78, 5) is 12.8. The molecule has 1 saturated heterocycles. The van der Waals surface area contributed by atoms with Crippen LogP contribution in [-0.2, 0) is 4.74 Å². The minimum atomic E-state index is -0.554. The Morgan fingerprint density at radius 1 is 1.43 bits per heavy atom. The van der Waals surface area contributed by atoms with Gasteiger partial charge in [-0.15, -0.1) is 0 Å². The summed E-state index contributed by atoms with van der Waals surface area (Å²) in [5, 5.41) is 0. The summed E-state index contributed by atoms with van der Waals surface area (Å²) in [6.45, 7) is 1.08. The zero-order chi connectivity index (χ0) is 10.8. The summed E-state index contributed by atoms with van der Waals surface area (Å²) in [7, 11) is 1.58. The van der Waals surface area contributed by atoms with Gasteiger partial charge in [0.1, 0.15) is 10.6 Å². The average molecular weight is 217 g/mol. The highest BCUT2D eigenvalue weighted by Crippen LogP contribution is 2.25. The molecule has 5 nitrogen and oxygen atoms in total. The van der Waals surface area contributed by atoms with Crippen molar-refractivity contribution in [2.24, 2.45) is 11.5 Å². The van der Waals surface area contributed by atoms with Gasteiger partial charge in [0.15, 0.2) is 0 Å². The van der Waals surface area contributed by atoms with Crippen LogP contribution in [0.1, 0.15) is 12.8 Å². The summed E-state index contributed by atoms with van der Waals surface area (Å²) in [6.07, 6.45) is 1.23. The van der Waals surface area contributed by atoms with Crippen LogP contribution in [0, 0.1) is 0 Å². The number of piperidine rings is 1. The number of carbonyl (C=O) groups is 1. The summed E-state index contributed by atoms with van der Waals surface area (Å²) in [5.74, 6) is 0. The molecule has 6 heteroatoms. The lowest BCUT2D eigenvalue weighted by Gasteiger charge is -2.39. The second-order valence-corrected chi connectivity index (χ2v) is 3.83. The van der Waals surface area contributed by atoms with E-state index in [1.54, 1.807) is 12.0 Å². The molecule has 4 N–H and O–H groups in total.